The highest BCUT2D eigenvalue weighted by molar-refractivity contribution is 6.08. The molecule has 2 aromatic rings. The van der Waals surface area contributed by atoms with Crippen LogP contribution in [0.15, 0.2) is 30.3 Å². The summed E-state index contributed by atoms with van der Waals surface area (Å²) in [4.78, 5) is 47.6. The minimum Gasteiger partial charge on any atom is -0.374 e. The van der Waals surface area contributed by atoms with Crippen molar-refractivity contribution < 1.29 is 23.9 Å². The third kappa shape index (κ3) is 9.19. The molecule has 1 unspecified atom stereocenters. The highest BCUT2D eigenvalue weighted by Gasteiger charge is 2.31. The van der Waals surface area contributed by atoms with E-state index in [1.54, 1.807) is 13.8 Å². The first-order valence-electron chi connectivity index (χ1n) is 11.7. The largest absolute Gasteiger partial charge is 0.374 e. The van der Waals surface area contributed by atoms with Gasteiger partial charge in [-0.3, -0.25) is 19.2 Å². The van der Waals surface area contributed by atoms with Crippen LogP contribution in [0, 0.1) is 0 Å². The summed E-state index contributed by atoms with van der Waals surface area (Å²) in [6, 6.07) is 8.20. The van der Waals surface area contributed by atoms with E-state index in [9.17, 15) is 19.2 Å². The highest BCUT2D eigenvalue weighted by atomic mass is 35.5. The predicted molar refractivity (Wildman–Crippen MR) is 134 cm³/mol. The average Bonchev–Trinajstić information content (AvgIpc) is 3.41. The first-order chi connectivity index (χ1) is 17.1. The van der Waals surface area contributed by atoms with Crippen molar-refractivity contribution in [1.82, 2.24) is 36.2 Å². The Morgan fingerprint density at radius 1 is 1.27 bits per heavy atom. The Labute approximate surface area is 220 Å². The number of benzene rings is 1. The number of aryl methyl sites for hydroxylation is 1. The summed E-state index contributed by atoms with van der Waals surface area (Å²) in [7, 11) is 0. The molecule has 1 aliphatic rings. The van der Waals surface area contributed by atoms with Crippen LogP contribution in [0.1, 0.15) is 50.5 Å². The van der Waals surface area contributed by atoms with Gasteiger partial charge in [-0.15, -0.1) is 17.5 Å². The molecule has 1 saturated heterocycles. The highest BCUT2D eigenvalue weighted by Crippen LogP contribution is 2.14. The number of rotatable bonds is 13. The Morgan fingerprint density at radius 2 is 2.00 bits per heavy atom. The van der Waals surface area contributed by atoms with E-state index >= 15 is 0 Å². The van der Waals surface area contributed by atoms with Crippen LogP contribution in [0.3, 0.4) is 0 Å². The minimum absolute atomic E-state index is 0. The normalized spacial score (nSPS) is 16.0. The Balaban J connectivity index is 0.00000481. The van der Waals surface area contributed by atoms with E-state index in [0.29, 0.717) is 31.9 Å². The van der Waals surface area contributed by atoms with Gasteiger partial charge < -0.3 is 26.4 Å². The molecule has 0 aliphatic carbocycles. The maximum Gasteiger partial charge on any atom is 0.240 e. The van der Waals surface area contributed by atoms with Gasteiger partial charge in [0.15, 0.2) is 11.6 Å². The van der Waals surface area contributed by atoms with Crippen LogP contribution in [0.5, 0.6) is 0 Å². The number of hydrogen-bond donors (Lipinski definition) is 4. The number of amides is 3. The molecule has 0 radical (unpaired) electrons. The fraction of sp³-hybridized carbons (Fsp3) is 0.522. The molecule has 3 rings (SSSR count). The lowest BCUT2D eigenvalue weighted by atomic mass is 10.1. The van der Waals surface area contributed by atoms with Crippen LogP contribution in [0.25, 0.3) is 0 Å². The Bertz CT molecular complexity index is 1070. The summed E-state index contributed by atoms with van der Waals surface area (Å²) in [6.07, 6.45) is 0.208. The van der Waals surface area contributed by atoms with E-state index in [-0.39, 0.29) is 55.4 Å². The van der Waals surface area contributed by atoms with Gasteiger partial charge in [-0.1, -0.05) is 30.3 Å². The third-order valence-corrected chi connectivity index (χ3v) is 5.47. The van der Waals surface area contributed by atoms with E-state index in [1.165, 1.54) is 4.68 Å². The number of carbonyl (C=O) groups is 4. The number of nitrogens with zero attached hydrogens (tertiary/aromatic N) is 4. The zero-order valence-electron chi connectivity index (χ0n) is 20.8. The molecule has 2 atom stereocenters. The van der Waals surface area contributed by atoms with Crippen molar-refractivity contribution in [2.24, 2.45) is 5.73 Å². The SMILES string of the molecule is CC(C)(N)C(=O)N[C@H](COCc1ccccc1)c1nnnn1CCCNC(=O)CC1NC(=O)CC1=O.Cl. The third-order valence-electron chi connectivity index (χ3n) is 5.47. The van der Waals surface area contributed by atoms with Crippen molar-refractivity contribution in [2.45, 2.75) is 63.9 Å². The molecule has 0 bridgehead atoms. The van der Waals surface area contributed by atoms with Crippen molar-refractivity contribution >= 4 is 35.9 Å². The molecule has 2 heterocycles. The van der Waals surface area contributed by atoms with Crippen molar-refractivity contribution in [3.8, 4) is 0 Å². The Kier molecular flexibility index (Phi) is 11.1. The van der Waals surface area contributed by atoms with Crippen molar-refractivity contribution in [2.75, 3.05) is 13.2 Å². The van der Waals surface area contributed by atoms with E-state index < -0.39 is 17.6 Å². The standard InChI is InChI=1S/C23H32N8O5.ClH/c1-23(2,24)22(35)27-17(14-36-13-15-7-4-3-5-8-15)21-28-29-30-31(21)10-6-9-25-19(33)11-16-18(32)12-20(34)26-16;/h3-5,7-8,16-17H,6,9-14,24H2,1-2H3,(H,25,33)(H,26,34)(H,27,35);1H/t16?,17-;/m1./s1. The Morgan fingerprint density at radius 3 is 2.65 bits per heavy atom. The van der Waals surface area contributed by atoms with Crippen LogP contribution in [-0.2, 0) is 37.1 Å². The first kappa shape index (κ1) is 29.8. The second-order valence-electron chi connectivity index (χ2n) is 9.18. The quantitative estimate of drug-likeness (QED) is 0.195. The number of halogens is 1. The fourth-order valence-electron chi connectivity index (χ4n) is 3.50. The van der Waals surface area contributed by atoms with Crippen LogP contribution >= 0.6 is 12.4 Å². The topological polar surface area (TPSA) is 183 Å². The molecule has 1 aromatic carbocycles. The molecule has 14 heteroatoms. The second-order valence-corrected chi connectivity index (χ2v) is 9.18. The van der Waals surface area contributed by atoms with Crippen molar-refractivity contribution in [3.63, 3.8) is 0 Å². The molecule has 1 fully saturated rings. The number of hydrogen-bond acceptors (Lipinski definition) is 9. The lowest BCUT2D eigenvalue weighted by molar-refractivity contribution is -0.126. The van der Waals surface area contributed by atoms with Gasteiger partial charge in [-0.25, -0.2) is 4.68 Å². The summed E-state index contributed by atoms with van der Waals surface area (Å²) < 4.78 is 7.37. The number of ketones is 1. The van der Waals surface area contributed by atoms with Crippen LogP contribution in [0.2, 0.25) is 0 Å². The van der Waals surface area contributed by atoms with Gasteiger partial charge in [0.05, 0.1) is 37.6 Å². The molecule has 3 amide bonds. The summed E-state index contributed by atoms with van der Waals surface area (Å²) in [5, 5.41) is 19.9. The lowest BCUT2D eigenvalue weighted by Gasteiger charge is -2.24. The van der Waals surface area contributed by atoms with Crippen LogP contribution in [0.4, 0.5) is 0 Å². The van der Waals surface area contributed by atoms with Gasteiger partial charge in [0.1, 0.15) is 6.04 Å². The summed E-state index contributed by atoms with van der Waals surface area (Å²) >= 11 is 0. The first-order valence-corrected chi connectivity index (χ1v) is 11.7. The molecule has 1 aromatic heterocycles. The molecule has 202 valence electrons. The van der Waals surface area contributed by atoms with Gasteiger partial charge in [0, 0.05) is 13.1 Å². The second kappa shape index (κ2) is 13.8. The summed E-state index contributed by atoms with van der Waals surface area (Å²) in [6.45, 7) is 4.33. The van der Waals surface area contributed by atoms with E-state index in [2.05, 4.69) is 31.5 Å². The smallest absolute Gasteiger partial charge is 0.240 e. The van der Waals surface area contributed by atoms with E-state index in [0.717, 1.165) is 5.56 Å². The molecule has 37 heavy (non-hydrogen) atoms. The molecular weight excluding hydrogens is 504 g/mol. The van der Waals surface area contributed by atoms with Gasteiger partial charge in [0.2, 0.25) is 17.7 Å². The number of ether oxygens (including phenoxy) is 1. The van der Waals surface area contributed by atoms with Crippen molar-refractivity contribution in [1.29, 1.82) is 0 Å². The number of aromatic nitrogens is 4. The van der Waals surface area contributed by atoms with Crippen LogP contribution in [-0.4, -0.2) is 68.4 Å². The molecule has 0 saturated carbocycles. The fourth-order valence-corrected chi connectivity index (χ4v) is 3.50. The predicted octanol–water partition coefficient (Wildman–Crippen LogP) is -0.440. The van der Waals surface area contributed by atoms with Gasteiger partial charge in [0.25, 0.3) is 0 Å². The molecular formula is C23H33ClN8O5. The average molecular weight is 537 g/mol. The zero-order valence-corrected chi connectivity index (χ0v) is 21.6. The number of Topliss-reactive ketones (excluding diaryl/α,β-unsaturated/α-hetero) is 1. The zero-order chi connectivity index (χ0) is 26.1. The number of carbonyl (C=O) groups excluding carboxylic acids is 4. The number of nitrogens with two attached hydrogens (primary N) is 1. The minimum atomic E-state index is -1.11. The molecule has 1 aliphatic heterocycles. The van der Waals surface area contributed by atoms with Gasteiger partial charge >= 0.3 is 0 Å². The Hall–Kier alpha value is -3.42. The van der Waals surface area contributed by atoms with E-state index in [4.69, 9.17) is 10.5 Å². The van der Waals surface area contributed by atoms with Gasteiger partial charge in [-0.2, -0.15) is 0 Å². The molecule has 5 N–H and O–H groups in total. The number of nitrogens with one attached hydrogen (secondary N) is 3. The molecule has 13 nitrogen and oxygen atoms in total. The number of tetrazole rings is 1. The summed E-state index contributed by atoms with van der Waals surface area (Å²) in [5.41, 5.74) is 5.82. The molecule has 0 spiro atoms. The summed E-state index contributed by atoms with van der Waals surface area (Å²) in [5.74, 6) is -0.970. The monoisotopic (exact) mass is 536 g/mol. The van der Waals surface area contributed by atoms with Gasteiger partial charge in [-0.05, 0) is 36.3 Å². The maximum atomic E-state index is 12.6. The van der Waals surface area contributed by atoms with E-state index in [1.807, 2.05) is 30.3 Å². The maximum absolute atomic E-state index is 12.6. The lowest BCUT2D eigenvalue weighted by Crippen LogP contribution is -2.51. The van der Waals surface area contributed by atoms with Crippen molar-refractivity contribution in [3.05, 3.63) is 41.7 Å². The van der Waals surface area contributed by atoms with Crippen LogP contribution < -0.4 is 21.7 Å².